The van der Waals surface area contributed by atoms with E-state index in [0.717, 1.165) is 44.1 Å². The van der Waals surface area contributed by atoms with Gasteiger partial charge < -0.3 is 10.6 Å². The molecule has 0 saturated carbocycles. The molecule has 27 heavy (non-hydrogen) atoms. The zero-order valence-electron chi connectivity index (χ0n) is 16.0. The molecule has 1 aliphatic heterocycles. The molecule has 1 fully saturated rings. The molecule has 0 aromatic heterocycles. The summed E-state index contributed by atoms with van der Waals surface area (Å²) >= 11 is 0. The second-order valence-electron chi connectivity index (χ2n) is 6.90. The lowest BCUT2D eigenvalue weighted by Crippen LogP contribution is -2.49. The van der Waals surface area contributed by atoms with Crippen LogP contribution in [-0.4, -0.2) is 64.3 Å². The molecule has 0 spiro atoms. The van der Waals surface area contributed by atoms with Crippen molar-refractivity contribution in [3.05, 3.63) is 42.2 Å². The smallest absolute Gasteiger partial charge is 0.191 e. The number of guanidine groups is 1. The van der Waals surface area contributed by atoms with Gasteiger partial charge in [-0.05, 0) is 31.9 Å². The molecule has 0 atom stereocenters. The van der Waals surface area contributed by atoms with Gasteiger partial charge in [0.1, 0.15) is 10.7 Å². The molecule has 2 rings (SSSR count). The van der Waals surface area contributed by atoms with Crippen molar-refractivity contribution in [2.45, 2.75) is 30.7 Å². The first-order valence-electron chi connectivity index (χ1n) is 9.13. The summed E-state index contributed by atoms with van der Waals surface area (Å²) in [5.41, 5.74) is 1.16. The number of nitrogens with zero attached hydrogens (tertiary/aromatic N) is 2. The van der Waals surface area contributed by atoms with Gasteiger partial charge in [-0.1, -0.05) is 24.3 Å². The van der Waals surface area contributed by atoms with Gasteiger partial charge in [-0.3, -0.25) is 9.89 Å². The van der Waals surface area contributed by atoms with E-state index in [0.29, 0.717) is 12.0 Å². The third-order valence-corrected chi connectivity index (χ3v) is 6.22. The Bertz CT molecular complexity index is 772. The highest BCUT2D eigenvalue weighted by molar-refractivity contribution is 7.91. The van der Waals surface area contributed by atoms with Crippen LogP contribution in [0.3, 0.4) is 0 Å². The highest BCUT2D eigenvalue weighted by Crippen LogP contribution is 2.15. The molecule has 8 heteroatoms. The molecule has 1 aliphatic rings. The minimum absolute atomic E-state index is 0.158. The van der Waals surface area contributed by atoms with Gasteiger partial charge in [-0.25, -0.2) is 12.8 Å². The number of benzene rings is 1. The van der Waals surface area contributed by atoms with Crippen molar-refractivity contribution in [3.63, 3.8) is 0 Å². The Balaban J connectivity index is 1.80. The van der Waals surface area contributed by atoms with Crippen LogP contribution in [0.25, 0.3) is 0 Å². The van der Waals surface area contributed by atoms with Crippen LogP contribution in [0.2, 0.25) is 0 Å². The first kappa shape index (κ1) is 21.4. The van der Waals surface area contributed by atoms with Crippen LogP contribution >= 0.6 is 0 Å². The fraction of sp³-hybridized carbons (Fsp3) is 0.526. The molecule has 2 N–H and O–H groups in total. The lowest BCUT2D eigenvalue weighted by Gasteiger charge is -2.33. The second kappa shape index (κ2) is 9.85. The summed E-state index contributed by atoms with van der Waals surface area (Å²) in [5.74, 6) is -0.357. The Hall–Kier alpha value is -1.93. The monoisotopic (exact) mass is 396 g/mol. The summed E-state index contributed by atoms with van der Waals surface area (Å²) in [6, 6.07) is 5.72. The maximum absolute atomic E-state index is 13.7. The Morgan fingerprint density at radius 1 is 1.33 bits per heavy atom. The van der Waals surface area contributed by atoms with Gasteiger partial charge >= 0.3 is 0 Å². The molecule has 1 aromatic carbocycles. The number of aliphatic imine (C=N–C) groups is 1. The molecule has 0 radical (unpaired) electrons. The normalized spacial score (nSPS) is 16.9. The molecule has 0 bridgehead atoms. The maximum Gasteiger partial charge on any atom is 0.191 e. The standard InChI is InChI=1S/C19H29FN4O2S/c1-15(2)14-24-11-8-16(9-12-24)23-19(21-3)22-10-13-27(25,26)18-7-5-4-6-17(18)20/h4-7,16H,1,8-14H2,2-3H3,(H2,21,22,23). The van der Waals surface area contributed by atoms with Gasteiger partial charge in [0.25, 0.3) is 0 Å². The second-order valence-corrected chi connectivity index (χ2v) is 8.98. The van der Waals surface area contributed by atoms with Crippen molar-refractivity contribution in [2.24, 2.45) is 4.99 Å². The van der Waals surface area contributed by atoms with Crippen LogP contribution in [0.4, 0.5) is 4.39 Å². The summed E-state index contributed by atoms with van der Waals surface area (Å²) in [6.45, 7) is 9.05. The SMILES string of the molecule is C=C(C)CN1CCC(NC(=NC)NCCS(=O)(=O)c2ccccc2F)CC1. The first-order valence-corrected chi connectivity index (χ1v) is 10.8. The van der Waals surface area contributed by atoms with Gasteiger partial charge in [-0.2, -0.15) is 0 Å². The summed E-state index contributed by atoms with van der Waals surface area (Å²) < 4.78 is 38.3. The molecule has 1 heterocycles. The number of halogens is 1. The lowest BCUT2D eigenvalue weighted by molar-refractivity contribution is 0.221. The predicted molar refractivity (Wildman–Crippen MR) is 107 cm³/mol. The summed E-state index contributed by atoms with van der Waals surface area (Å²) in [4.78, 5) is 6.27. The molecule has 0 amide bonds. The van der Waals surface area contributed by atoms with E-state index in [1.807, 2.05) is 6.92 Å². The van der Waals surface area contributed by atoms with Crippen molar-refractivity contribution in [3.8, 4) is 0 Å². The van der Waals surface area contributed by atoms with Crippen LogP contribution in [0.5, 0.6) is 0 Å². The van der Waals surface area contributed by atoms with Crippen molar-refractivity contribution in [1.82, 2.24) is 15.5 Å². The number of hydrogen-bond donors (Lipinski definition) is 2. The molecule has 0 unspecified atom stereocenters. The van der Waals surface area contributed by atoms with E-state index in [1.54, 1.807) is 7.05 Å². The highest BCUT2D eigenvalue weighted by Gasteiger charge is 2.21. The van der Waals surface area contributed by atoms with Crippen molar-refractivity contribution >= 4 is 15.8 Å². The van der Waals surface area contributed by atoms with Crippen molar-refractivity contribution in [1.29, 1.82) is 0 Å². The molecule has 0 aliphatic carbocycles. The van der Waals surface area contributed by atoms with E-state index < -0.39 is 15.7 Å². The van der Waals surface area contributed by atoms with Gasteiger partial charge in [0.05, 0.1) is 5.75 Å². The minimum Gasteiger partial charge on any atom is -0.355 e. The first-order chi connectivity index (χ1) is 12.8. The Morgan fingerprint density at radius 2 is 2.00 bits per heavy atom. The third-order valence-electron chi connectivity index (χ3n) is 4.48. The van der Waals surface area contributed by atoms with E-state index in [9.17, 15) is 12.8 Å². The fourth-order valence-corrected chi connectivity index (χ4v) is 4.36. The minimum atomic E-state index is -3.68. The number of hydrogen-bond acceptors (Lipinski definition) is 4. The van der Waals surface area contributed by atoms with E-state index in [4.69, 9.17) is 0 Å². The topological polar surface area (TPSA) is 73.8 Å². The number of rotatable bonds is 7. The summed E-state index contributed by atoms with van der Waals surface area (Å²) in [7, 11) is -2.03. The molecular formula is C19H29FN4O2S. The van der Waals surface area contributed by atoms with E-state index >= 15 is 0 Å². The van der Waals surface area contributed by atoms with Crippen LogP contribution in [0.15, 0.2) is 46.3 Å². The van der Waals surface area contributed by atoms with E-state index in [1.165, 1.54) is 18.2 Å². The summed E-state index contributed by atoms with van der Waals surface area (Å²) in [5, 5.41) is 6.35. The third kappa shape index (κ3) is 6.62. The Kier molecular flexibility index (Phi) is 7.79. The maximum atomic E-state index is 13.7. The predicted octanol–water partition coefficient (Wildman–Crippen LogP) is 1.80. The number of piperidine rings is 1. The number of nitrogens with one attached hydrogen (secondary N) is 2. The molecule has 150 valence electrons. The fourth-order valence-electron chi connectivity index (χ4n) is 3.12. The van der Waals surface area contributed by atoms with E-state index in [-0.39, 0.29) is 17.2 Å². The zero-order chi connectivity index (χ0) is 19.9. The van der Waals surface area contributed by atoms with Crippen LogP contribution in [0.1, 0.15) is 19.8 Å². The van der Waals surface area contributed by atoms with Crippen molar-refractivity contribution in [2.75, 3.05) is 39.0 Å². The van der Waals surface area contributed by atoms with Gasteiger partial charge in [0, 0.05) is 39.3 Å². The number of likely N-dealkylation sites (tertiary alicyclic amines) is 1. The Labute approximate surface area is 161 Å². The summed E-state index contributed by atoms with van der Waals surface area (Å²) in [6.07, 6.45) is 1.98. The average Bonchev–Trinajstić information content (AvgIpc) is 2.62. The highest BCUT2D eigenvalue weighted by atomic mass is 32.2. The van der Waals surface area contributed by atoms with Gasteiger partial charge in [-0.15, -0.1) is 0 Å². The molecular weight excluding hydrogens is 367 g/mol. The lowest BCUT2D eigenvalue weighted by atomic mass is 10.0. The van der Waals surface area contributed by atoms with Crippen molar-refractivity contribution < 1.29 is 12.8 Å². The largest absolute Gasteiger partial charge is 0.355 e. The molecule has 1 saturated heterocycles. The Morgan fingerprint density at radius 3 is 2.59 bits per heavy atom. The van der Waals surface area contributed by atoms with Crippen LogP contribution in [0, 0.1) is 5.82 Å². The quantitative estimate of drug-likeness (QED) is 0.418. The average molecular weight is 397 g/mol. The van der Waals surface area contributed by atoms with E-state index in [2.05, 4.69) is 27.1 Å². The molecule has 6 nitrogen and oxygen atoms in total. The van der Waals surface area contributed by atoms with Crippen LogP contribution < -0.4 is 10.6 Å². The molecule has 1 aromatic rings. The van der Waals surface area contributed by atoms with Gasteiger partial charge in [0.2, 0.25) is 0 Å². The van der Waals surface area contributed by atoms with Crippen LogP contribution in [-0.2, 0) is 9.84 Å². The van der Waals surface area contributed by atoms with Gasteiger partial charge in [0.15, 0.2) is 15.8 Å². The number of sulfone groups is 1. The zero-order valence-corrected chi connectivity index (χ0v) is 16.9.